The lowest BCUT2D eigenvalue weighted by Gasteiger charge is -2.48. The minimum atomic E-state index is -2.07. The summed E-state index contributed by atoms with van der Waals surface area (Å²) in [5, 5.41) is 2.86. The number of esters is 3. The van der Waals surface area contributed by atoms with Crippen molar-refractivity contribution in [2.75, 3.05) is 29.8 Å². The van der Waals surface area contributed by atoms with Gasteiger partial charge in [-0.05, 0) is 31.1 Å². The van der Waals surface area contributed by atoms with Gasteiger partial charge >= 0.3 is 23.9 Å². The average molecular weight is 600 g/mol. The van der Waals surface area contributed by atoms with E-state index < -0.39 is 70.1 Å². The van der Waals surface area contributed by atoms with E-state index >= 15 is 0 Å². The topological polar surface area (TPSA) is 144 Å². The summed E-state index contributed by atoms with van der Waals surface area (Å²) in [5.74, 6) is -1.32. The summed E-state index contributed by atoms with van der Waals surface area (Å²) in [6.45, 7) is 6.24. The lowest BCUT2D eigenvalue weighted by atomic mass is 9.94. The predicted octanol–water partition coefficient (Wildman–Crippen LogP) is 2.39. The number of unbranched alkanes of at least 4 members (excludes halogenated alkanes) is 2. The molecule has 1 N–H and O–H groups in total. The van der Waals surface area contributed by atoms with Gasteiger partial charge in [0.05, 0.1) is 6.04 Å². The molecule has 1 saturated heterocycles. The molecule has 38 heavy (non-hydrogen) atoms. The maximum Gasteiger partial charge on any atom is 0.313 e. The summed E-state index contributed by atoms with van der Waals surface area (Å²) < 4.78 is 28.7. The fraction of sp³-hybridized carbons (Fsp3) is 0.792. The molecule has 14 heteroatoms. The van der Waals surface area contributed by atoms with Crippen LogP contribution in [-0.2, 0) is 47.1 Å². The molecule has 0 saturated carbocycles. The lowest BCUT2D eigenvalue weighted by Crippen LogP contribution is -2.66. The molecule has 1 unspecified atom stereocenters. The van der Waals surface area contributed by atoms with Gasteiger partial charge in [0.15, 0.2) is 18.3 Å². The van der Waals surface area contributed by atoms with Gasteiger partial charge in [0.25, 0.3) is 0 Å². The number of amides is 1. The standard InChI is InChI=1S/C24H41NO10S3/c1-14(26)25-19(13-38(7,35-18(5)30)12-10-8-9-11-36)20-21(31-15(2)27)22(32-16(3)28)23(33-17(4)29)24(34-20)37-6/h19-24,36H,8-13H2,1-7H3,(H,25,26)/t19-,20+,21-,22-,23+,24+/m0/s1. The molecule has 0 aromatic carbocycles. The van der Waals surface area contributed by atoms with E-state index in [0.717, 1.165) is 25.0 Å². The van der Waals surface area contributed by atoms with Gasteiger partial charge in [-0.2, -0.15) is 12.6 Å². The molecule has 1 aliphatic rings. The fourth-order valence-corrected chi connectivity index (χ4v) is 7.99. The number of hydrogen-bond donors (Lipinski definition) is 2. The molecule has 1 aliphatic heterocycles. The molecule has 11 nitrogen and oxygen atoms in total. The van der Waals surface area contributed by atoms with Crippen LogP contribution in [0.25, 0.3) is 0 Å². The van der Waals surface area contributed by atoms with E-state index in [2.05, 4.69) is 17.9 Å². The molecule has 1 fully saturated rings. The van der Waals surface area contributed by atoms with Crippen LogP contribution in [0.5, 0.6) is 0 Å². The Morgan fingerprint density at radius 2 is 1.42 bits per heavy atom. The second-order valence-corrected chi connectivity index (χ2v) is 13.8. The molecule has 7 atom stereocenters. The average Bonchev–Trinajstić information content (AvgIpc) is 2.77. The van der Waals surface area contributed by atoms with Gasteiger partial charge in [0.2, 0.25) is 5.91 Å². The van der Waals surface area contributed by atoms with E-state index in [1.54, 1.807) is 6.26 Å². The summed E-state index contributed by atoms with van der Waals surface area (Å²) in [5.41, 5.74) is -0.818. The first-order chi connectivity index (χ1) is 17.7. The van der Waals surface area contributed by atoms with Crippen LogP contribution in [-0.4, -0.2) is 95.4 Å². The highest BCUT2D eigenvalue weighted by molar-refractivity contribution is 8.29. The Hall–Kier alpha value is -1.64. The van der Waals surface area contributed by atoms with Gasteiger partial charge in [-0.15, -0.1) is 11.8 Å². The van der Waals surface area contributed by atoms with Gasteiger partial charge in [-0.3, -0.25) is 24.0 Å². The van der Waals surface area contributed by atoms with Crippen LogP contribution >= 0.6 is 34.7 Å². The molecule has 0 aromatic heterocycles. The Balaban J connectivity index is 3.54. The Kier molecular flexibility index (Phi) is 14.9. The van der Waals surface area contributed by atoms with Crippen molar-refractivity contribution in [2.24, 2.45) is 0 Å². The molecular weight excluding hydrogens is 558 g/mol. The third kappa shape index (κ3) is 11.6. The zero-order valence-electron chi connectivity index (χ0n) is 23.1. The number of carbonyl (C=O) groups excluding carboxylic acids is 5. The van der Waals surface area contributed by atoms with Gasteiger partial charge in [0, 0.05) is 46.1 Å². The van der Waals surface area contributed by atoms with Gasteiger partial charge in [-0.1, -0.05) is 16.7 Å². The van der Waals surface area contributed by atoms with Crippen molar-refractivity contribution in [3.05, 3.63) is 0 Å². The van der Waals surface area contributed by atoms with Crippen molar-refractivity contribution in [1.29, 1.82) is 0 Å². The SMILES string of the molecule is CS[C@H]1O[C@H]([C@H](CS(C)(CCCCCS)OC(C)=O)NC(C)=O)[C@H](OC(C)=O)[C@H](OC(C)=O)[C@H]1OC(C)=O. The van der Waals surface area contributed by atoms with Crippen molar-refractivity contribution in [2.45, 2.75) is 89.8 Å². The van der Waals surface area contributed by atoms with Crippen LogP contribution in [0.1, 0.15) is 53.9 Å². The maximum absolute atomic E-state index is 12.3. The Labute approximate surface area is 236 Å². The van der Waals surface area contributed by atoms with Crippen LogP contribution in [0.4, 0.5) is 0 Å². The quantitative estimate of drug-likeness (QED) is 0.131. The molecule has 0 aliphatic carbocycles. The van der Waals surface area contributed by atoms with Crippen LogP contribution in [0.2, 0.25) is 0 Å². The first kappa shape index (κ1) is 34.4. The van der Waals surface area contributed by atoms with Crippen LogP contribution in [0, 0.1) is 0 Å². The maximum atomic E-state index is 12.3. The van der Waals surface area contributed by atoms with Gasteiger partial charge < -0.3 is 28.4 Å². The Morgan fingerprint density at radius 1 is 0.868 bits per heavy atom. The normalized spacial score (nSPS) is 26.2. The van der Waals surface area contributed by atoms with E-state index in [0.29, 0.717) is 5.75 Å². The molecule has 1 rings (SSSR count). The lowest BCUT2D eigenvalue weighted by molar-refractivity contribution is -0.234. The number of nitrogens with one attached hydrogen (secondary N) is 1. The summed E-state index contributed by atoms with van der Waals surface area (Å²) in [4.78, 5) is 60.5. The number of thiol groups is 1. The zero-order valence-corrected chi connectivity index (χ0v) is 25.6. The van der Waals surface area contributed by atoms with Crippen LogP contribution < -0.4 is 5.32 Å². The van der Waals surface area contributed by atoms with E-state index in [4.69, 9.17) is 23.1 Å². The zero-order chi connectivity index (χ0) is 29.0. The number of thioether (sulfide) groups is 1. The van der Waals surface area contributed by atoms with Crippen molar-refractivity contribution in [3.8, 4) is 0 Å². The largest absolute Gasteiger partial charge is 0.456 e. The number of ether oxygens (including phenoxy) is 4. The molecule has 1 amide bonds. The monoisotopic (exact) mass is 599 g/mol. The highest BCUT2D eigenvalue weighted by Crippen LogP contribution is 2.48. The van der Waals surface area contributed by atoms with Crippen molar-refractivity contribution >= 4 is 64.5 Å². The minimum absolute atomic E-state index is 0.196. The van der Waals surface area contributed by atoms with E-state index in [-0.39, 0.29) is 11.7 Å². The number of hydrogen-bond acceptors (Lipinski definition) is 12. The van der Waals surface area contributed by atoms with Crippen molar-refractivity contribution in [3.63, 3.8) is 0 Å². The smallest absolute Gasteiger partial charge is 0.313 e. The fourth-order valence-electron chi connectivity index (χ4n) is 4.32. The summed E-state index contributed by atoms with van der Waals surface area (Å²) >= 11 is 5.45. The first-order valence-electron chi connectivity index (χ1n) is 12.2. The molecule has 0 bridgehead atoms. The molecular formula is C24H41NO10S3. The van der Waals surface area contributed by atoms with E-state index in [1.807, 2.05) is 6.26 Å². The first-order valence-corrected chi connectivity index (χ1v) is 16.5. The second kappa shape index (κ2) is 16.5. The van der Waals surface area contributed by atoms with Gasteiger partial charge in [0.1, 0.15) is 11.5 Å². The molecule has 0 radical (unpaired) electrons. The third-order valence-electron chi connectivity index (χ3n) is 5.54. The highest BCUT2D eigenvalue weighted by atomic mass is 32.3. The second-order valence-electron chi connectivity index (χ2n) is 9.15. The molecule has 0 spiro atoms. The summed E-state index contributed by atoms with van der Waals surface area (Å²) in [6, 6.07) is -0.799. The van der Waals surface area contributed by atoms with Crippen molar-refractivity contribution in [1.82, 2.24) is 5.32 Å². The predicted molar refractivity (Wildman–Crippen MR) is 149 cm³/mol. The summed E-state index contributed by atoms with van der Waals surface area (Å²) in [6.07, 6.45) is 1.61. The van der Waals surface area contributed by atoms with E-state index in [1.165, 1.54) is 46.4 Å². The summed E-state index contributed by atoms with van der Waals surface area (Å²) in [7, 11) is -2.07. The highest BCUT2D eigenvalue weighted by Gasteiger charge is 2.54. The molecule has 0 aromatic rings. The van der Waals surface area contributed by atoms with Crippen LogP contribution in [0.3, 0.4) is 0 Å². The number of rotatable bonds is 14. The third-order valence-corrected chi connectivity index (χ3v) is 9.55. The Morgan fingerprint density at radius 3 is 1.89 bits per heavy atom. The van der Waals surface area contributed by atoms with Gasteiger partial charge in [-0.25, -0.2) is 0 Å². The van der Waals surface area contributed by atoms with Crippen molar-refractivity contribution < 1.29 is 47.1 Å². The Bertz CT molecular complexity index is 844. The number of carbonyl (C=O) groups is 5. The minimum Gasteiger partial charge on any atom is -0.456 e. The van der Waals surface area contributed by atoms with Crippen LogP contribution in [0.15, 0.2) is 0 Å². The molecule has 220 valence electrons. The molecule has 1 heterocycles. The van der Waals surface area contributed by atoms with E-state index in [9.17, 15) is 24.0 Å².